The van der Waals surface area contributed by atoms with E-state index in [2.05, 4.69) is 12.2 Å². The zero-order valence-corrected chi connectivity index (χ0v) is 12.2. The van der Waals surface area contributed by atoms with Crippen LogP contribution in [0, 0.1) is 5.92 Å². The Balaban J connectivity index is 2.36. The van der Waals surface area contributed by atoms with Crippen LogP contribution in [-0.2, 0) is 9.59 Å². The summed E-state index contributed by atoms with van der Waals surface area (Å²) in [5, 5.41) is 10.8. The van der Waals surface area contributed by atoms with Crippen LogP contribution in [0.5, 0.6) is 0 Å². The highest BCUT2D eigenvalue weighted by atomic mass is 16.4. The average Bonchev–Trinajstić information content (AvgIpc) is 2.38. The number of carboxylic acid groups (broad SMARTS) is 1. The van der Waals surface area contributed by atoms with Crippen molar-refractivity contribution in [2.24, 2.45) is 5.92 Å². The fourth-order valence-electron chi connectivity index (χ4n) is 2.69. The summed E-state index contributed by atoms with van der Waals surface area (Å²) in [6, 6.07) is -0.209. The molecule has 114 valence electrons. The Hall–Kier alpha value is -1.59. The summed E-state index contributed by atoms with van der Waals surface area (Å²) in [6.07, 6.45) is 4.63. The molecule has 1 saturated carbocycles. The Kier molecular flexibility index (Phi) is 6.48. The average molecular weight is 284 g/mol. The van der Waals surface area contributed by atoms with E-state index in [1.165, 1.54) is 6.42 Å². The zero-order chi connectivity index (χ0) is 15.1. The van der Waals surface area contributed by atoms with Crippen molar-refractivity contribution in [2.75, 3.05) is 7.05 Å². The largest absolute Gasteiger partial charge is 0.481 e. The van der Waals surface area contributed by atoms with Crippen LogP contribution in [0.2, 0.25) is 0 Å². The zero-order valence-electron chi connectivity index (χ0n) is 12.2. The van der Waals surface area contributed by atoms with Gasteiger partial charge in [0.05, 0.1) is 0 Å². The Labute approximate surface area is 119 Å². The first kappa shape index (κ1) is 16.5. The molecule has 3 amide bonds. The number of rotatable bonds is 5. The molecule has 0 heterocycles. The Bertz CT molecular complexity index is 370. The number of carboxylic acids is 1. The van der Waals surface area contributed by atoms with Crippen LogP contribution in [0.15, 0.2) is 0 Å². The summed E-state index contributed by atoms with van der Waals surface area (Å²) in [4.78, 5) is 35.5. The molecule has 0 bridgehead atoms. The van der Waals surface area contributed by atoms with E-state index < -0.39 is 11.9 Å². The van der Waals surface area contributed by atoms with Gasteiger partial charge in [0.15, 0.2) is 0 Å². The van der Waals surface area contributed by atoms with Gasteiger partial charge in [0, 0.05) is 25.9 Å². The third-order valence-corrected chi connectivity index (χ3v) is 3.92. The molecular weight excluding hydrogens is 260 g/mol. The van der Waals surface area contributed by atoms with E-state index >= 15 is 0 Å². The molecule has 1 aliphatic rings. The van der Waals surface area contributed by atoms with Crippen molar-refractivity contribution < 1.29 is 19.5 Å². The standard InChI is InChI=1S/C14H24N2O4/c1-10-6-3-4-7-11(10)16(2)14(20)15-12(17)8-5-9-13(18)19/h10-11H,3-9H2,1-2H3,(H,18,19)(H,15,17,20). The second-order valence-electron chi connectivity index (χ2n) is 5.54. The van der Waals surface area contributed by atoms with Crippen LogP contribution < -0.4 is 5.32 Å². The molecule has 0 saturated heterocycles. The van der Waals surface area contributed by atoms with Crippen molar-refractivity contribution >= 4 is 17.9 Å². The number of amides is 3. The highest BCUT2D eigenvalue weighted by Crippen LogP contribution is 2.27. The molecule has 2 unspecified atom stereocenters. The minimum Gasteiger partial charge on any atom is -0.481 e. The second-order valence-corrected chi connectivity index (χ2v) is 5.54. The van der Waals surface area contributed by atoms with Crippen LogP contribution in [0.25, 0.3) is 0 Å². The molecular formula is C14H24N2O4. The van der Waals surface area contributed by atoms with Gasteiger partial charge in [-0.2, -0.15) is 0 Å². The van der Waals surface area contributed by atoms with Crippen LogP contribution in [0.1, 0.15) is 51.9 Å². The van der Waals surface area contributed by atoms with E-state index in [4.69, 9.17) is 5.11 Å². The lowest BCUT2D eigenvalue weighted by Crippen LogP contribution is -2.48. The fourth-order valence-corrected chi connectivity index (χ4v) is 2.69. The Morgan fingerprint density at radius 2 is 1.85 bits per heavy atom. The van der Waals surface area contributed by atoms with Crippen LogP contribution in [0.3, 0.4) is 0 Å². The lowest BCUT2D eigenvalue weighted by Gasteiger charge is -2.36. The van der Waals surface area contributed by atoms with Crippen molar-refractivity contribution in [3.05, 3.63) is 0 Å². The van der Waals surface area contributed by atoms with Crippen molar-refractivity contribution in [1.29, 1.82) is 0 Å². The van der Waals surface area contributed by atoms with Gasteiger partial charge in [-0.3, -0.25) is 14.9 Å². The smallest absolute Gasteiger partial charge is 0.324 e. The van der Waals surface area contributed by atoms with E-state index in [0.29, 0.717) is 5.92 Å². The number of carbonyl (C=O) groups is 3. The number of aliphatic carboxylic acids is 1. The molecule has 2 N–H and O–H groups in total. The normalized spacial score (nSPS) is 22.1. The molecule has 20 heavy (non-hydrogen) atoms. The Morgan fingerprint density at radius 3 is 2.45 bits per heavy atom. The van der Waals surface area contributed by atoms with Crippen molar-refractivity contribution in [2.45, 2.75) is 57.9 Å². The predicted octanol–water partition coefficient (Wildman–Crippen LogP) is 1.99. The van der Waals surface area contributed by atoms with Gasteiger partial charge >= 0.3 is 12.0 Å². The molecule has 0 aromatic rings. The number of hydrogen-bond acceptors (Lipinski definition) is 3. The SMILES string of the molecule is CC1CCCCC1N(C)C(=O)NC(=O)CCCC(=O)O. The maximum absolute atomic E-state index is 12.0. The second kappa shape index (κ2) is 7.87. The number of hydrogen-bond donors (Lipinski definition) is 2. The maximum atomic E-state index is 12.0. The molecule has 6 heteroatoms. The summed E-state index contributed by atoms with van der Waals surface area (Å²) in [5.41, 5.74) is 0. The van der Waals surface area contributed by atoms with Gasteiger partial charge in [-0.1, -0.05) is 19.8 Å². The van der Waals surface area contributed by atoms with Gasteiger partial charge in [0.1, 0.15) is 0 Å². The summed E-state index contributed by atoms with van der Waals surface area (Å²) < 4.78 is 0. The minimum atomic E-state index is -0.933. The van der Waals surface area contributed by atoms with E-state index in [-0.39, 0.29) is 31.3 Å². The monoisotopic (exact) mass is 284 g/mol. The summed E-state index contributed by atoms with van der Waals surface area (Å²) in [7, 11) is 1.71. The molecule has 0 radical (unpaired) electrons. The molecule has 0 spiro atoms. The number of nitrogens with zero attached hydrogens (tertiary/aromatic N) is 1. The van der Waals surface area contributed by atoms with Crippen molar-refractivity contribution in [3.63, 3.8) is 0 Å². The first-order valence-corrected chi connectivity index (χ1v) is 7.20. The molecule has 0 aromatic carbocycles. The van der Waals surface area contributed by atoms with E-state index in [0.717, 1.165) is 19.3 Å². The molecule has 1 rings (SSSR count). The molecule has 2 atom stereocenters. The highest BCUT2D eigenvalue weighted by molar-refractivity contribution is 5.94. The molecule has 1 fully saturated rings. The first-order chi connectivity index (χ1) is 9.41. The van der Waals surface area contributed by atoms with Gasteiger partial charge in [0.2, 0.25) is 5.91 Å². The van der Waals surface area contributed by atoms with Crippen molar-refractivity contribution in [1.82, 2.24) is 10.2 Å². The maximum Gasteiger partial charge on any atom is 0.324 e. The fraction of sp³-hybridized carbons (Fsp3) is 0.786. The van der Waals surface area contributed by atoms with E-state index in [9.17, 15) is 14.4 Å². The highest BCUT2D eigenvalue weighted by Gasteiger charge is 2.28. The molecule has 1 aliphatic carbocycles. The van der Waals surface area contributed by atoms with Gasteiger partial charge in [-0.15, -0.1) is 0 Å². The van der Waals surface area contributed by atoms with Crippen molar-refractivity contribution in [3.8, 4) is 0 Å². The van der Waals surface area contributed by atoms with E-state index in [1.54, 1.807) is 11.9 Å². The quantitative estimate of drug-likeness (QED) is 0.808. The number of imide groups is 1. The van der Waals surface area contributed by atoms with Gasteiger partial charge in [-0.25, -0.2) is 4.79 Å². The van der Waals surface area contributed by atoms with Gasteiger partial charge in [0.25, 0.3) is 0 Å². The summed E-state index contributed by atoms with van der Waals surface area (Å²) in [5.74, 6) is -0.898. The van der Waals surface area contributed by atoms with E-state index in [1.807, 2.05) is 0 Å². The molecule has 6 nitrogen and oxygen atoms in total. The van der Waals surface area contributed by atoms with Gasteiger partial charge < -0.3 is 10.0 Å². The van der Waals surface area contributed by atoms with Crippen LogP contribution >= 0.6 is 0 Å². The minimum absolute atomic E-state index is 0.0584. The lowest BCUT2D eigenvalue weighted by atomic mass is 9.85. The number of nitrogens with one attached hydrogen (secondary N) is 1. The van der Waals surface area contributed by atoms with Crippen LogP contribution in [0.4, 0.5) is 4.79 Å². The van der Waals surface area contributed by atoms with Gasteiger partial charge in [-0.05, 0) is 25.2 Å². The molecule has 0 aliphatic heterocycles. The Morgan fingerprint density at radius 1 is 1.20 bits per heavy atom. The number of carbonyl (C=O) groups excluding carboxylic acids is 2. The summed E-state index contributed by atoms with van der Waals surface area (Å²) >= 11 is 0. The topological polar surface area (TPSA) is 86.7 Å². The summed E-state index contributed by atoms with van der Waals surface area (Å²) in [6.45, 7) is 2.13. The van der Waals surface area contributed by atoms with Crippen LogP contribution in [-0.4, -0.2) is 41.0 Å². The number of urea groups is 1. The molecule has 0 aromatic heterocycles. The first-order valence-electron chi connectivity index (χ1n) is 7.20. The lowest BCUT2D eigenvalue weighted by molar-refractivity contribution is -0.137. The third kappa shape index (κ3) is 5.19. The third-order valence-electron chi connectivity index (χ3n) is 3.92. The predicted molar refractivity (Wildman–Crippen MR) is 74.2 cm³/mol.